The minimum atomic E-state index is -0.257. The van der Waals surface area contributed by atoms with Crippen LogP contribution < -0.4 is 5.73 Å². The number of hydrogen-bond donors (Lipinski definition) is 1. The van der Waals surface area contributed by atoms with Crippen molar-refractivity contribution < 1.29 is 25.8 Å². The average molecular weight is 811 g/mol. The first kappa shape index (κ1) is 44.6. The Labute approximate surface area is 310 Å². The number of benzene rings is 4. The summed E-state index contributed by atoms with van der Waals surface area (Å²) in [6.07, 6.45) is 0. The van der Waals surface area contributed by atoms with Crippen molar-refractivity contribution in [3.63, 3.8) is 0 Å². The molecule has 0 fully saturated rings. The van der Waals surface area contributed by atoms with Crippen LogP contribution in [-0.4, -0.2) is 44.8 Å². The summed E-state index contributed by atoms with van der Waals surface area (Å²) in [4.78, 5) is 5.35. The fourth-order valence-corrected chi connectivity index (χ4v) is 5.21. The van der Waals surface area contributed by atoms with E-state index in [1.165, 1.54) is 18.2 Å². The molecular formula is C41H56HfN6-4. The van der Waals surface area contributed by atoms with Gasteiger partial charge in [-0.1, -0.05) is 154 Å². The number of para-hydroxylation sites is 1. The first-order valence-corrected chi connectivity index (χ1v) is 15.9. The van der Waals surface area contributed by atoms with Gasteiger partial charge in [0.2, 0.25) is 0 Å². The summed E-state index contributed by atoms with van der Waals surface area (Å²) in [5, 5.41) is 12.6. The molecule has 0 radical (unpaired) electrons. The Hall–Kier alpha value is -3.36. The molecule has 0 aliphatic heterocycles. The minimum Gasteiger partial charge on any atom is -0.673 e. The van der Waals surface area contributed by atoms with Gasteiger partial charge in [-0.15, -0.1) is 5.69 Å². The molecule has 5 rings (SSSR count). The third-order valence-electron chi connectivity index (χ3n) is 7.18. The standard InChI is InChI=1S/C35H36N3.2C2H6N.CH5N.CH3.Hf/c1-24(2)29-22-15-23-30(25(3)4)32(29)36-31(26-16-9-6-10-17-26)33-34(27-18-11-7-12-19-27)38(5)35(37-33)28-20-13-8-14-21-28;2*1-3-2;1-2;;/h6-25,31H,1-5H3;2*1-2H3;2H2,1H3;1H3;/q3*-1;;-1;. The van der Waals surface area contributed by atoms with E-state index < -0.39 is 0 Å². The van der Waals surface area contributed by atoms with Gasteiger partial charge in [0, 0.05) is 44.0 Å². The Bertz CT molecular complexity index is 1510. The quantitative estimate of drug-likeness (QED) is 0.125. The zero-order chi connectivity index (χ0) is 34.1. The maximum atomic E-state index is 5.60. The molecule has 0 spiro atoms. The molecule has 0 bridgehead atoms. The maximum absolute atomic E-state index is 5.60. The van der Waals surface area contributed by atoms with E-state index in [2.05, 4.69) is 159 Å². The van der Waals surface area contributed by atoms with E-state index in [1.807, 2.05) is 6.07 Å². The zero-order valence-electron chi connectivity index (χ0n) is 30.9. The van der Waals surface area contributed by atoms with Gasteiger partial charge in [0.25, 0.3) is 0 Å². The van der Waals surface area contributed by atoms with Gasteiger partial charge in [-0.3, -0.25) is 0 Å². The second kappa shape index (κ2) is 23.9. The molecule has 258 valence electrons. The van der Waals surface area contributed by atoms with Crippen LogP contribution in [0.3, 0.4) is 0 Å². The molecular weight excluding hydrogens is 755 g/mol. The Balaban J connectivity index is 0.00000203. The zero-order valence-corrected chi connectivity index (χ0v) is 34.5. The van der Waals surface area contributed by atoms with E-state index >= 15 is 0 Å². The molecule has 0 saturated heterocycles. The third kappa shape index (κ3) is 12.0. The fourth-order valence-electron chi connectivity index (χ4n) is 5.21. The van der Waals surface area contributed by atoms with Crippen molar-refractivity contribution in [3.05, 3.63) is 155 Å². The average Bonchev–Trinajstić information content (AvgIpc) is 3.42. The van der Waals surface area contributed by atoms with E-state index in [0.29, 0.717) is 11.8 Å². The Morgan fingerprint density at radius 2 is 1.00 bits per heavy atom. The van der Waals surface area contributed by atoms with Crippen molar-refractivity contribution >= 4 is 5.69 Å². The van der Waals surface area contributed by atoms with Crippen molar-refractivity contribution in [3.8, 4) is 22.6 Å². The van der Waals surface area contributed by atoms with Crippen molar-refractivity contribution in [2.45, 2.75) is 45.6 Å². The molecule has 6 nitrogen and oxygen atoms in total. The number of nitrogens with two attached hydrogens (primary N) is 1. The summed E-state index contributed by atoms with van der Waals surface area (Å²) in [5.41, 5.74) is 13.6. The first-order valence-electron chi connectivity index (χ1n) is 15.9. The predicted octanol–water partition coefficient (Wildman–Crippen LogP) is 11.1. The smallest absolute Gasteiger partial charge is 0.140 e. The predicted molar refractivity (Wildman–Crippen MR) is 207 cm³/mol. The van der Waals surface area contributed by atoms with Gasteiger partial charge in [-0.2, -0.15) is 28.2 Å². The summed E-state index contributed by atoms with van der Waals surface area (Å²) < 4.78 is 2.23. The van der Waals surface area contributed by atoms with Crippen LogP contribution in [0.4, 0.5) is 5.69 Å². The van der Waals surface area contributed by atoms with Gasteiger partial charge in [0.15, 0.2) is 0 Å². The van der Waals surface area contributed by atoms with Crippen LogP contribution in [0.15, 0.2) is 109 Å². The summed E-state index contributed by atoms with van der Waals surface area (Å²) >= 11 is 0. The molecule has 1 unspecified atom stereocenters. The number of hydrogen-bond acceptors (Lipinski definition) is 2. The second-order valence-corrected chi connectivity index (χ2v) is 11.4. The normalized spacial score (nSPS) is 10.5. The van der Waals surface area contributed by atoms with Crippen LogP contribution >= 0.6 is 0 Å². The van der Waals surface area contributed by atoms with Crippen molar-refractivity contribution in [2.24, 2.45) is 12.8 Å². The Kier molecular flexibility index (Phi) is 22.2. The number of aromatic nitrogens is 2. The molecule has 1 atom stereocenters. The first-order chi connectivity index (χ1) is 22.3. The third-order valence-corrected chi connectivity index (χ3v) is 7.18. The van der Waals surface area contributed by atoms with E-state index in [0.717, 1.165) is 39.6 Å². The summed E-state index contributed by atoms with van der Waals surface area (Å²) in [6.45, 7) is 9.00. The molecule has 48 heavy (non-hydrogen) atoms. The van der Waals surface area contributed by atoms with Gasteiger partial charge in [0.05, 0.1) is 11.4 Å². The Morgan fingerprint density at radius 1 is 0.604 bits per heavy atom. The molecule has 0 aliphatic carbocycles. The van der Waals surface area contributed by atoms with Crippen LogP contribution in [0.5, 0.6) is 0 Å². The van der Waals surface area contributed by atoms with Crippen LogP contribution in [0.1, 0.15) is 68.0 Å². The molecule has 0 amide bonds. The number of rotatable bonds is 8. The fraction of sp³-hybridized carbons (Fsp3) is 0.317. The second-order valence-electron chi connectivity index (χ2n) is 11.4. The van der Waals surface area contributed by atoms with Crippen LogP contribution in [-0.2, 0) is 32.9 Å². The SMILES string of the molecule is CC(C)c1cccc(C(C)C)c1[N-]C(c1ccccc1)c1nc(-c2ccccc2)n(C)c1-c1ccccc1.CN.C[N-]C.C[N-]C.[CH3-].[Hf]. The van der Waals surface area contributed by atoms with Gasteiger partial charge in [0.1, 0.15) is 5.82 Å². The van der Waals surface area contributed by atoms with E-state index in [4.69, 9.17) is 10.3 Å². The molecule has 5 aromatic rings. The van der Waals surface area contributed by atoms with Crippen molar-refractivity contribution in [1.29, 1.82) is 0 Å². The van der Waals surface area contributed by atoms with Crippen LogP contribution in [0.2, 0.25) is 0 Å². The maximum Gasteiger partial charge on any atom is 0.140 e. The number of imidazole rings is 1. The van der Waals surface area contributed by atoms with Gasteiger partial charge in [-0.05, 0) is 24.9 Å². The molecule has 2 N–H and O–H groups in total. The summed E-state index contributed by atoms with van der Waals surface area (Å²) in [6, 6.07) is 38.0. The molecule has 4 aromatic carbocycles. The van der Waals surface area contributed by atoms with E-state index in [-0.39, 0.29) is 39.3 Å². The van der Waals surface area contributed by atoms with Gasteiger partial charge < -0.3 is 33.7 Å². The van der Waals surface area contributed by atoms with Crippen molar-refractivity contribution in [2.75, 3.05) is 35.2 Å². The molecule has 0 aliphatic rings. The number of nitrogens with zero attached hydrogens (tertiary/aromatic N) is 5. The molecule has 0 saturated carbocycles. The topological polar surface area (TPSA) is 86.1 Å². The van der Waals surface area contributed by atoms with Gasteiger partial charge >= 0.3 is 0 Å². The summed E-state index contributed by atoms with van der Waals surface area (Å²) in [5.74, 6) is 1.67. The molecule has 1 heterocycles. The van der Waals surface area contributed by atoms with Crippen molar-refractivity contribution in [1.82, 2.24) is 9.55 Å². The Morgan fingerprint density at radius 3 is 1.42 bits per heavy atom. The molecule has 1 aromatic heterocycles. The van der Waals surface area contributed by atoms with E-state index in [1.54, 1.807) is 28.2 Å². The largest absolute Gasteiger partial charge is 0.673 e. The van der Waals surface area contributed by atoms with Gasteiger partial charge in [-0.25, -0.2) is 4.98 Å². The summed E-state index contributed by atoms with van der Waals surface area (Å²) in [7, 11) is 10.6. The van der Waals surface area contributed by atoms with E-state index in [9.17, 15) is 0 Å². The monoisotopic (exact) mass is 812 g/mol. The molecule has 7 heteroatoms. The minimum absolute atomic E-state index is 0. The van der Waals surface area contributed by atoms with Crippen LogP contribution in [0, 0.1) is 7.43 Å². The van der Waals surface area contributed by atoms with Crippen LogP contribution in [0.25, 0.3) is 38.6 Å².